The Kier molecular flexibility index (Phi) is 4.46. The molecule has 6 nitrogen and oxygen atoms in total. The van der Waals surface area contributed by atoms with E-state index in [4.69, 9.17) is 11.6 Å². The standard InChI is InChI=1S/C17H16ClF2N5O/c18-8-4-9-10(6-22-15(9)21-5-8)16-23-7-12(20)17(25-16)24-13-3-1-2-11(19)14(13)26/h4-7,11,13-14,26H,1-3H2,(H,21,22)(H,23,24,25)/t11?,13-,14+/m0/s1. The number of aromatic amines is 1. The molecule has 3 aromatic rings. The van der Waals surface area contributed by atoms with Crippen LogP contribution in [0.1, 0.15) is 19.3 Å². The molecule has 1 fully saturated rings. The lowest BCUT2D eigenvalue weighted by Crippen LogP contribution is -2.43. The third-order valence-corrected chi connectivity index (χ3v) is 4.79. The minimum Gasteiger partial charge on any atom is -0.388 e. The Hall–Kier alpha value is -2.32. The first kappa shape index (κ1) is 17.1. The topological polar surface area (TPSA) is 86.7 Å². The van der Waals surface area contributed by atoms with E-state index in [1.165, 1.54) is 6.20 Å². The molecule has 136 valence electrons. The fourth-order valence-electron chi connectivity index (χ4n) is 3.22. The van der Waals surface area contributed by atoms with E-state index in [0.717, 1.165) is 6.20 Å². The van der Waals surface area contributed by atoms with Gasteiger partial charge in [0.15, 0.2) is 17.5 Å². The molecule has 3 N–H and O–H groups in total. The molecule has 26 heavy (non-hydrogen) atoms. The van der Waals surface area contributed by atoms with Gasteiger partial charge in [-0.3, -0.25) is 0 Å². The second-order valence-corrected chi connectivity index (χ2v) is 6.77. The summed E-state index contributed by atoms with van der Waals surface area (Å²) < 4.78 is 27.9. The van der Waals surface area contributed by atoms with Crippen LogP contribution in [0.4, 0.5) is 14.6 Å². The van der Waals surface area contributed by atoms with Crippen LogP contribution in [0.3, 0.4) is 0 Å². The summed E-state index contributed by atoms with van der Waals surface area (Å²) in [4.78, 5) is 15.4. The number of fused-ring (bicyclic) bond motifs is 1. The van der Waals surface area contributed by atoms with Crippen LogP contribution in [0.5, 0.6) is 0 Å². The normalized spacial score (nSPS) is 23.3. The molecule has 9 heteroatoms. The van der Waals surface area contributed by atoms with Gasteiger partial charge in [-0.2, -0.15) is 0 Å². The van der Waals surface area contributed by atoms with Crippen LogP contribution in [-0.2, 0) is 0 Å². The Morgan fingerprint density at radius 2 is 2.12 bits per heavy atom. The molecule has 1 aliphatic rings. The van der Waals surface area contributed by atoms with Gasteiger partial charge < -0.3 is 15.4 Å². The quantitative estimate of drug-likeness (QED) is 0.648. The number of aliphatic hydroxyl groups excluding tert-OH is 1. The molecule has 1 saturated carbocycles. The second-order valence-electron chi connectivity index (χ2n) is 6.33. The molecule has 0 aromatic carbocycles. The summed E-state index contributed by atoms with van der Waals surface area (Å²) in [5.74, 6) is -0.471. The minimum atomic E-state index is -1.33. The van der Waals surface area contributed by atoms with E-state index in [0.29, 0.717) is 40.9 Å². The van der Waals surface area contributed by atoms with E-state index >= 15 is 0 Å². The zero-order valence-electron chi connectivity index (χ0n) is 13.6. The first-order chi connectivity index (χ1) is 12.5. The Bertz CT molecular complexity index is 950. The van der Waals surface area contributed by atoms with Crippen LogP contribution in [-0.4, -0.2) is 43.4 Å². The van der Waals surface area contributed by atoms with Gasteiger partial charge >= 0.3 is 0 Å². The van der Waals surface area contributed by atoms with Gasteiger partial charge in [-0.15, -0.1) is 0 Å². The molecule has 0 spiro atoms. The van der Waals surface area contributed by atoms with Gasteiger partial charge in [0.05, 0.1) is 17.3 Å². The molecular weight excluding hydrogens is 364 g/mol. The van der Waals surface area contributed by atoms with Crippen molar-refractivity contribution in [2.24, 2.45) is 0 Å². The van der Waals surface area contributed by atoms with Crippen molar-refractivity contribution in [2.75, 3.05) is 5.32 Å². The predicted molar refractivity (Wildman–Crippen MR) is 94.3 cm³/mol. The number of nitrogens with one attached hydrogen (secondary N) is 2. The summed E-state index contributed by atoms with van der Waals surface area (Å²) in [5, 5.41) is 14.0. The highest BCUT2D eigenvalue weighted by molar-refractivity contribution is 6.31. The van der Waals surface area contributed by atoms with Gasteiger partial charge in [0.2, 0.25) is 0 Å². The van der Waals surface area contributed by atoms with Crippen molar-refractivity contribution in [2.45, 2.75) is 37.6 Å². The van der Waals surface area contributed by atoms with Gasteiger partial charge in [-0.1, -0.05) is 11.6 Å². The highest BCUT2D eigenvalue weighted by Gasteiger charge is 2.32. The average Bonchev–Trinajstić information content (AvgIpc) is 3.04. The lowest BCUT2D eigenvalue weighted by Gasteiger charge is -2.31. The van der Waals surface area contributed by atoms with Gasteiger partial charge in [0.1, 0.15) is 17.9 Å². The Labute approximate surface area is 152 Å². The number of nitrogens with zero attached hydrogens (tertiary/aromatic N) is 3. The fourth-order valence-corrected chi connectivity index (χ4v) is 3.38. The highest BCUT2D eigenvalue weighted by Crippen LogP contribution is 2.29. The van der Waals surface area contributed by atoms with Crippen LogP contribution in [0.2, 0.25) is 5.02 Å². The summed E-state index contributed by atoms with van der Waals surface area (Å²) in [7, 11) is 0. The zero-order chi connectivity index (χ0) is 18.3. The molecule has 0 aliphatic heterocycles. The van der Waals surface area contributed by atoms with E-state index in [-0.39, 0.29) is 11.6 Å². The van der Waals surface area contributed by atoms with Crippen molar-refractivity contribution in [3.63, 3.8) is 0 Å². The van der Waals surface area contributed by atoms with E-state index in [9.17, 15) is 13.9 Å². The van der Waals surface area contributed by atoms with E-state index in [2.05, 4.69) is 25.3 Å². The number of anilines is 1. The number of H-pyrrole nitrogens is 1. The first-order valence-electron chi connectivity index (χ1n) is 8.27. The molecule has 3 heterocycles. The van der Waals surface area contributed by atoms with Gasteiger partial charge in [0, 0.05) is 23.3 Å². The lowest BCUT2D eigenvalue weighted by atomic mass is 9.91. The summed E-state index contributed by atoms with van der Waals surface area (Å²) in [6, 6.07) is 1.11. The summed E-state index contributed by atoms with van der Waals surface area (Å²) in [6.45, 7) is 0. The molecular formula is C17H16ClF2N5O. The van der Waals surface area contributed by atoms with Crippen molar-refractivity contribution in [3.05, 3.63) is 35.5 Å². The molecule has 1 aliphatic carbocycles. The van der Waals surface area contributed by atoms with Crippen LogP contribution in [0.25, 0.3) is 22.4 Å². The third kappa shape index (κ3) is 3.10. The van der Waals surface area contributed by atoms with Crippen molar-refractivity contribution in [1.82, 2.24) is 19.9 Å². The summed E-state index contributed by atoms with van der Waals surface area (Å²) >= 11 is 6.00. The molecule has 0 bridgehead atoms. The van der Waals surface area contributed by atoms with Crippen LogP contribution < -0.4 is 5.32 Å². The summed E-state index contributed by atoms with van der Waals surface area (Å²) in [6.07, 6.45) is 3.15. The van der Waals surface area contributed by atoms with Crippen molar-refractivity contribution >= 4 is 28.5 Å². The van der Waals surface area contributed by atoms with Gasteiger partial charge in [0.25, 0.3) is 0 Å². The highest BCUT2D eigenvalue weighted by atomic mass is 35.5. The first-order valence-corrected chi connectivity index (χ1v) is 8.65. The number of hydrogen-bond acceptors (Lipinski definition) is 5. The maximum absolute atomic E-state index is 14.2. The van der Waals surface area contributed by atoms with E-state index in [1.54, 1.807) is 12.3 Å². The smallest absolute Gasteiger partial charge is 0.183 e. The third-order valence-electron chi connectivity index (χ3n) is 4.58. The van der Waals surface area contributed by atoms with Crippen molar-refractivity contribution < 1.29 is 13.9 Å². The Morgan fingerprint density at radius 1 is 1.27 bits per heavy atom. The number of alkyl halides is 1. The minimum absolute atomic E-state index is 0.0718. The van der Waals surface area contributed by atoms with Gasteiger partial charge in [-0.05, 0) is 25.3 Å². The second kappa shape index (κ2) is 6.77. The number of pyridine rings is 1. The molecule has 0 saturated heterocycles. The molecule has 3 atom stereocenters. The van der Waals surface area contributed by atoms with E-state index < -0.39 is 24.1 Å². The fraction of sp³-hybridized carbons (Fsp3) is 0.353. The Morgan fingerprint density at radius 3 is 2.96 bits per heavy atom. The average molecular weight is 380 g/mol. The maximum atomic E-state index is 14.2. The summed E-state index contributed by atoms with van der Waals surface area (Å²) in [5.41, 5.74) is 1.22. The van der Waals surface area contributed by atoms with Crippen molar-refractivity contribution in [1.29, 1.82) is 0 Å². The Balaban J connectivity index is 1.68. The van der Waals surface area contributed by atoms with Crippen LogP contribution in [0, 0.1) is 5.82 Å². The molecule has 0 amide bonds. The number of aromatic nitrogens is 4. The molecule has 0 radical (unpaired) electrons. The molecule has 4 rings (SSSR count). The largest absolute Gasteiger partial charge is 0.388 e. The SMILES string of the molecule is O[C@@H]1C(F)CCC[C@@H]1Nc1nc(-c2c[nH]c3ncc(Cl)cc23)ncc1F. The van der Waals surface area contributed by atoms with E-state index in [1.807, 2.05) is 0 Å². The van der Waals surface area contributed by atoms with Gasteiger partial charge in [-0.25, -0.2) is 23.7 Å². The zero-order valence-corrected chi connectivity index (χ0v) is 14.3. The monoisotopic (exact) mass is 379 g/mol. The predicted octanol–water partition coefficient (Wildman–Crippen LogP) is 3.48. The van der Waals surface area contributed by atoms with Crippen LogP contribution in [0.15, 0.2) is 24.7 Å². The lowest BCUT2D eigenvalue weighted by molar-refractivity contribution is 0.0341. The maximum Gasteiger partial charge on any atom is 0.183 e. The number of halogens is 3. The number of aliphatic hydroxyl groups is 1. The molecule has 3 aromatic heterocycles. The van der Waals surface area contributed by atoms with Crippen molar-refractivity contribution in [3.8, 4) is 11.4 Å². The number of hydrogen-bond donors (Lipinski definition) is 3. The molecule has 1 unspecified atom stereocenters. The van der Waals surface area contributed by atoms with Crippen LogP contribution >= 0.6 is 11.6 Å². The number of rotatable bonds is 3.